The van der Waals surface area contributed by atoms with Crippen molar-refractivity contribution in [1.82, 2.24) is 8.75 Å². The minimum atomic E-state index is -0.611. The fraction of sp³-hybridized carbons (Fsp3) is 0.385. The summed E-state index contributed by atoms with van der Waals surface area (Å²) in [4.78, 5) is 0. The molecule has 1 aliphatic heterocycles. The fourth-order valence-electron chi connectivity index (χ4n) is 2.31. The third-order valence-electron chi connectivity index (χ3n) is 3.25. The Morgan fingerprint density at radius 2 is 2.33 bits per heavy atom. The van der Waals surface area contributed by atoms with Crippen LogP contribution in [0.2, 0.25) is 0 Å². The van der Waals surface area contributed by atoms with Crippen LogP contribution in [0, 0.1) is 0 Å². The molecule has 5 heteroatoms. The molecule has 1 aromatic carbocycles. The fourth-order valence-corrected chi connectivity index (χ4v) is 2.78. The van der Waals surface area contributed by atoms with E-state index < -0.39 is 6.10 Å². The number of aliphatic hydroxyl groups excluding tert-OH is 1. The molecule has 2 heterocycles. The first kappa shape index (κ1) is 11.8. The molecule has 0 saturated carbocycles. The van der Waals surface area contributed by atoms with Crippen LogP contribution in [0.3, 0.4) is 0 Å². The zero-order valence-corrected chi connectivity index (χ0v) is 10.6. The molecule has 0 radical (unpaired) electrons. The molecule has 0 amide bonds. The summed E-state index contributed by atoms with van der Waals surface area (Å²) < 4.78 is 13.7. The molecule has 4 nitrogen and oxygen atoms in total. The Hall–Kier alpha value is -1.30. The van der Waals surface area contributed by atoms with Crippen LogP contribution >= 0.6 is 11.7 Å². The van der Waals surface area contributed by atoms with E-state index in [1.807, 2.05) is 12.1 Å². The van der Waals surface area contributed by atoms with Crippen LogP contribution in [-0.2, 0) is 11.2 Å². The van der Waals surface area contributed by atoms with Gasteiger partial charge in [-0.2, -0.15) is 8.75 Å². The molecule has 1 aliphatic rings. The number of ether oxygens (including phenoxy) is 1. The van der Waals surface area contributed by atoms with Gasteiger partial charge < -0.3 is 9.84 Å². The van der Waals surface area contributed by atoms with E-state index in [2.05, 4.69) is 20.9 Å². The first-order valence-electron chi connectivity index (χ1n) is 5.99. The van der Waals surface area contributed by atoms with Crippen LogP contribution in [0.25, 0.3) is 0 Å². The lowest BCUT2D eigenvalue weighted by Crippen LogP contribution is -2.18. The van der Waals surface area contributed by atoms with E-state index in [1.165, 1.54) is 11.1 Å². The van der Waals surface area contributed by atoms with E-state index >= 15 is 0 Å². The molecular formula is C13H14N2O2S. The molecule has 18 heavy (non-hydrogen) atoms. The largest absolute Gasteiger partial charge is 0.387 e. The number of hydrogen-bond donors (Lipinski definition) is 1. The maximum atomic E-state index is 10.1. The predicted octanol–water partition coefficient (Wildman–Crippen LogP) is 2.28. The van der Waals surface area contributed by atoms with Gasteiger partial charge in [0, 0.05) is 6.42 Å². The Labute approximate surface area is 110 Å². The highest BCUT2D eigenvalue weighted by Crippen LogP contribution is 2.33. The first-order valence-corrected chi connectivity index (χ1v) is 6.72. The van der Waals surface area contributed by atoms with Crippen LogP contribution in [0.4, 0.5) is 0 Å². The van der Waals surface area contributed by atoms with Gasteiger partial charge in [-0.3, -0.25) is 0 Å². The van der Waals surface area contributed by atoms with Gasteiger partial charge in [-0.1, -0.05) is 24.3 Å². The second kappa shape index (κ2) is 5.14. The summed E-state index contributed by atoms with van der Waals surface area (Å²) in [5, 5.41) is 10.1. The minimum Gasteiger partial charge on any atom is -0.387 e. The van der Waals surface area contributed by atoms with Gasteiger partial charge in [-0.15, -0.1) is 0 Å². The summed E-state index contributed by atoms with van der Waals surface area (Å²) in [6, 6.07) is 8.26. The molecular weight excluding hydrogens is 248 g/mol. The van der Waals surface area contributed by atoms with E-state index in [-0.39, 0.29) is 6.10 Å². The topological polar surface area (TPSA) is 55.2 Å². The third kappa shape index (κ3) is 2.29. The Kier molecular flexibility index (Phi) is 3.36. The summed E-state index contributed by atoms with van der Waals surface area (Å²) >= 11 is 1.11. The molecule has 1 N–H and O–H groups in total. The lowest BCUT2D eigenvalue weighted by Gasteiger charge is -2.27. The van der Waals surface area contributed by atoms with Gasteiger partial charge in [0.15, 0.2) is 0 Å². The molecule has 0 fully saturated rings. The number of benzene rings is 1. The van der Waals surface area contributed by atoms with Crippen LogP contribution < -0.4 is 0 Å². The van der Waals surface area contributed by atoms with Gasteiger partial charge >= 0.3 is 0 Å². The number of nitrogens with zero attached hydrogens (tertiary/aromatic N) is 2. The molecule has 0 bridgehead atoms. The first-order chi connectivity index (χ1) is 8.84. The van der Waals surface area contributed by atoms with Gasteiger partial charge in [0.05, 0.1) is 30.6 Å². The number of aromatic nitrogens is 2. The van der Waals surface area contributed by atoms with Crippen molar-refractivity contribution < 1.29 is 9.84 Å². The number of hydrogen-bond acceptors (Lipinski definition) is 5. The van der Waals surface area contributed by atoms with Gasteiger partial charge in [-0.25, -0.2) is 0 Å². The third-order valence-corrected chi connectivity index (χ3v) is 3.74. The van der Waals surface area contributed by atoms with Crippen molar-refractivity contribution in [3.63, 3.8) is 0 Å². The Bertz CT molecular complexity index is 515. The summed E-state index contributed by atoms with van der Waals surface area (Å²) in [5.74, 6) is 0. The van der Waals surface area contributed by atoms with E-state index in [9.17, 15) is 5.11 Å². The molecule has 2 aromatic rings. The van der Waals surface area contributed by atoms with Crippen LogP contribution in [0.15, 0.2) is 30.5 Å². The average molecular weight is 262 g/mol. The van der Waals surface area contributed by atoms with Gasteiger partial charge in [0.1, 0.15) is 11.8 Å². The predicted molar refractivity (Wildman–Crippen MR) is 68.3 cm³/mol. The summed E-state index contributed by atoms with van der Waals surface area (Å²) in [6.07, 6.45) is 2.43. The zero-order chi connectivity index (χ0) is 12.4. The van der Waals surface area contributed by atoms with E-state index in [0.717, 1.165) is 18.1 Å². The standard InChI is InChI=1S/C13H14N2O2S/c16-12(11-8-14-18-15-11)7-13-10-4-2-1-3-9(10)5-6-17-13/h1-4,8,12-13,16H,5-7H2. The summed E-state index contributed by atoms with van der Waals surface area (Å²) in [5.41, 5.74) is 3.13. The van der Waals surface area contributed by atoms with Gasteiger partial charge in [-0.05, 0) is 17.5 Å². The van der Waals surface area contributed by atoms with Crippen molar-refractivity contribution in [3.8, 4) is 0 Å². The number of fused-ring (bicyclic) bond motifs is 1. The molecule has 3 rings (SSSR count). The highest BCUT2D eigenvalue weighted by Gasteiger charge is 2.24. The van der Waals surface area contributed by atoms with Gasteiger partial charge in [0.25, 0.3) is 0 Å². The van der Waals surface area contributed by atoms with E-state index in [1.54, 1.807) is 6.20 Å². The second-order valence-corrected chi connectivity index (χ2v) is 4.95. The van der Waals surface area contributed by atoms with Crippen LogP contribution in [0.1, 0.15) is 35.4 Å². The van der Waals surface area contributed by atoms with Crippen LogP contribution in [0.5, 0.6) is 0 Å². The summed E-state index contributed by atoms with van der Waals surface area (Å²) in [7, 11) is 0. The summed E-state index contributed by atoms with van der Waals surface area (Å²) in [6.45, 7) is 0.712. The van der Waals surface area contributed by atoms with E-state index in [4.69, 9.17) is 4.74 Å². The highest BCUT2D eigenvalue weighted by atomic mass is 32.1. The van der Waals surface area contributed by atoms with Crippen LogP contribution in [-0.4, -0.2) is 20.5 Å². The van der Waals surface area contributed by atoms with Crippen molar-refractivity contribution in [2.75, 3.05) is 6.61 Å². The molecule has 94 valence electrons. The average Bonchev–Trinajstić information content (AvgIpc) is 2.93. The molecule has 0 saturated heterocycles. The molecule has 0 aliphatic carbocycles. The van der Waals surface area contributed by atoms with Crippen molar-refractivity contribution in [3.05, 3.63) is 47.3 Å². The van der Waals surface area contributed by atoms with Crippen molar-refractivity contribution >= 4 is 11.7 Å². The Balaban J connectivity index is 1.78. The monoisotopic (exact) mass is 262 g/mol. The Morgan fingerprint density at radius 1 is 1.44 bits per heavy atom. The van der Waals surface area contributed by atoms with E-state index in [0.29, 0.717) is 18.7 Å². The quantitative estimate of drug-likeness (QED) is 0.922. The molecule has 2 unspecified atom stereocenters. The molecule has 2 atom stereocenters. The highest BCUT2D eigenvalue weighted by molar-refractivity contribution is 6.99. The second-order valence-electron chi connectivity index (χ2n) is 4.39. The number of rotatable bonds is 3. The normalized spacial score (nSPS) is 20.4. The molecule has 1 aromatic heterocycles. The maximum Gasteiger partial charge on any atom is 0.103 e. The lowest BCUT2D eigenvalue weighted by molar-refractivity contribution is 0.00298. The number of aliphatic hydroxyl groups is 1. The smallest absolute Gasteiger partial charge is 0.103 e. The molecule has 0 spiro atoms. The van der Waals surface area contributed by atoms with Crippen molar-refractivity contribution in [1.29, 1.82) is 0 Å². The minimum absolute atomic E-state index is 0.0494. The zero-order valence-electron chi connectivity index (χ0n) is 9.82. The van der Waals surface area contributed by atoms with Crippen molar-refractivity contribution in [2.45, 2.75) is 25.0 Å². The lowest BCUT2D eigenvalue weighted by atomic mass is 9.94. The Morgan fingerprint density at radius 3 is 3.17 bits per heavy atom. The SMILES string of the molecule is OC(CC1OCCc2ccccc21)c1cnsn1. The van der Waals surface area contributed by atoms with Gasteiger partial charge in [0.2, 0.25) is 0 Å². The maximum absolute atomic E-state index is 10.1. The van der Waals surface area contributed by atoms with Crippen molar-refractivity contribution in [2.24, 2.45) is 0 Å².